The Hall–Kier alpha value is -1.35. The minimum absolute atomic E-state index is 0.105. The number of hydrogen-bond acceptors (Lipinski definition) is 2. The molecule has 3 heteroatoms. The van der Waals surface area contributed by atoms with Crippen LogP contribution in [0.1, 0.15) is 43.7 Å². The third-order valence-corrected chi connectivity index (χ3v) is 3.84. The molecule has 2 rings (SSSR count). The fourth-order valence-corrected chi connectivity index (χ4v) is 2.64. The molecule has 1 aliphatic heterocycles. The van der Waals surface area contributed by atoms with Crippen LogP contribution in [0.3, 0.4) is 0 Å². The molecule has 0 saturated carbocycles. The van der Waals surface area contributed by atoms with E-state index in [1.165, 1.54) is 5.56 Å². The van der Waals surface area contributed by atoms with E-state index in [0.29, 0.717) is 5.92 Å². The number of anilines is 1. The van der Waals surface area contributed by atoms with Crippen molar-refractivity contribution in [1.29, 1.82) is 0 Å². The molecule has 3 nitrogen and oxygen atoms in total. The molecule has 1 heterocycles. The third-order valence-electron chi connectivity index (χ3n) is 3.84. The van der Waals surface area contributed by atoms with E-state index in [1.54, 1.807) is 0 Å². The summed E-state index contributed by atoms with van der Waals surface area (Å²) in [6.07, 6.45) is 2.07. The van der Waals surface area contributed by atoms with Gasteiger partial charge in [-0.3, -0.25) is 4.79 Å². The van der Waals surface area contributed by atoms with Crippen LogP contribution in [-0.2, 0) is 4.79 Å². The molecule has 1 fully saturated rings. The van der Waals surface area contributed by atoms with Crippen LogP contribution in [0, 0.1) is 12.8 Å². The minimum Gasteiger partial charge on any atom is -0.325 e. The quantitative estimate of drug-likeness (QED) is 0.877. The van der Waals surface area contributed by atoms with Gasteiger partial charge in [-0.25, -0.2) is 0 Å². The van der Waals surface area contributed by atoms with Gasteiger partial charge in [0.05, 0.1) is 5.92 Å². The molecule has 0 aromatic heterocycles. The second kappa shape index (κ2) is 6.20. The Morgan fingerprint density at radius 2 is 2.21 bits per heavy atom. The van der Waals surface area contributed by atoms with Crippen LogP contribution >= 0.6 is 0 Å². The zero-order valence-corrected chi connectivity index (χ0v) is 12.1. The number of carbonyl (C=O) groups excluding carboxylic acids is 1. The van der Waals surface area contributed by atoms with Gasteiger partial charge < -0.3 is 10.6 Å². The Balaban J connectivity index is 2.15. The van der Waals surface area contributed by atoms with E-state index in [-0.39, 0.29) is 11.8 Å². The van der Waals surface area contributed by atoms with Gasteiger partial charge in [0, 0.05) is 12.2 Å². The molecule has 1 saturated heterocycles. The summed E-state index contributed by atoms with van der Waals surface area (Å²) in [5.74, 6) is 0.677. The summed E-state index contributed by atoms with van der Waals surface area (Å²) in [6, 6.07) is 6.22. The van der Waals surface area contributed by atoms with Gasteiger partial charge in [-0.2, -0.15) is 0 Å². The number of benzene rings is 1. The molecule has 104 valence electrons. The van der Waals surface area contributed by atoms with Crippen LogP contribution in [0.15, 0.2) is 18.2 Å². The average Bonchev–Trinajstić information content (AvgIpc) is 2.41. The van der Waals surface area contributed by atoms with E-state index in [2.05, 4.69) is 49.6 Å². The summed E-state index contributed by atoms with van der Waals surface area (Å²) < 4.78 is 0. The average molecular weight is 260 g/mol. The van der Waals surface area contributed by atoms with E-state index < -0.39 is 0 Å². The largest absolute Gasteiger partial charge is 0.325 e. The smallest absolute Gasteiger partial charge is 0.228 e. The number of para-hydroxylation sites is 1. The van der Waals surface area contributed by atoms with E-state index in [1.807, 2.05) is 0 Å². The third kappa shape index (κ3) is 3.35. The van der Waals surface area contributed by atoms with Crippen molar-refractivity contribution in [2.24, 2.45) is 5.92 Å². The van der Waals surface area contributed by atoms with Gasteiger partial charge in [-0.1, -0.05) is 32.0 Å². The van der Waals surface area contributed by atoms with E-state index >= 15 is 0 Å². The van der Waals surface area contributed by atoms with Crippen LogP contribution in [0.4, 0.5) is 5.69 Å². The molecule has 0 bridgehead atoms. The summed E-state index contributed by atoms with van der Waals surface area (Å²) in [4.78, 5) is 12.3. The number of aryl methyl sites for hydroxylation is 1. The topological polar surface area (TPSA) is 41.1 Å². The molecule has 2 N–H and O–H groups in total. The van der Waals surface area contributed by atoms with Gasteiger partial charge in [0.2, 0.25) is 5.91 Å². The van der Waals surface area contributed by atoms with E-state index in [0.717, 1.165) is 37.2 Å². The highest BCUT2D eigenvalue weighted by Crippen LogP contribution is 2.28. The first-order valence-corrected chi connectivity index (χ1v) is 7.20. The summed E-state index contributed by atoms with van der Waals surface area (Å²) >= 11 is 0. The summed E-state index contributed by atoms with van der Waals surface area (Å²) in [5.41, 5.74) is 3.37. The number of amides is 1. The zero-order valence-electron chi connectivity index (χ0n) is 12.1. The molecular formula is C16H24N2O. The first-order valence-electron chi connectivity index (χ1n) is 7.20. The first-order chi connectivity index (χ1) is 9.09. The number of piperidine rings is 1. The minimum atomic E-state index is 0.105. The van der Waals surface area contributed by atoms with Crippen LogP contribution in [0.25, 0.3) is 0 Å². The maximum atomic E-state index is 12.3. The highest BCUT2D eigenvalue weighted by atomic mass is 16.1. The van der Waals surface area contributed by atoms with Gasteiger partial charge in [0.15, 0.2) is 0 Å². The predicted molar refractivity (Wildman–Crippen MR) is 79.5 cm³/mol. The second-order valence-electron chi connectivity index (χ2n) is 5.73. The molecule has 1 aromatic carbocycles. The van der Waals surface area contributed by atoms with Gasteiger partial charge in [0.25, 0.3) is 0 Å². The van der Waals surface area contributed by atoms with Gasteiger partial charge in [-0.05, 0) is 43.4 Å². The van der Waals surface area contributed by atoms with E-state index in [9.17, 15) is 4.79 Å². The number of rotatable bonds is 3. The molecule has 19 heavy (non-hydrogen) atoms. The number of hydrogen-bond donors (Lipinski definition) is 2. The van der Waals surface area contributed by atoms with Crippen molar-refractivity contribution < 1.29 is 4.79 Å². The van der Waals surface area contributed by atoms with E-state index in [4.69, 9.17) is 0 Å². The van der Waals surface area contributed by atoms with Crippen LogP contribution < -0.4 is 10.6 Å². The molecule has 0 aliphatic carbocycles. The highest BCUT2D eigenvalue weighted by molar-refractivity contribution is 5.94. The lowest BCUT2D eigenvalue weighted by atomic mass is 9.96. The molecule has 1 aromatic rings. The van der Waals surface area contributed by atoms with Gasteiger partial charge >= 0.3 is 0 Å². The number of nitrogens with one attached hydrogen (secondary N) is 2. The fourth-order valence-electron chi connectivity index (χ4n) is 2.64. The SMILES string of the molecule is Cc1cccc(C(C)C)c1NC(=O)[C@H]1CCCNC1. The van der Waals surface area contributed by atoms with Crippen molar-refractivity contribution in [3.05, 3.63) is 29.3 Å². The first kappa shape index (κ1) is 14.1. The molecule has 1 atom stereocenters. The second-order valence-corrected chi connectivity index (χ2v) is 5.73. The summed E-state index contributed by atoms with van der Waals surface area (Å²) in [6.45, 7) is 8.21. The maximum Gasteiger partial charge on any atom is 0.228 e. The fraction of sp³-hybridized carbons (Fsp3) is 0.562. The molecular weight excluding hydrogens is 236 g/mol. The standard InChI is InChI=1S/C16H24N2O/c1-11(2)14-8-4-6-12(3)15(14)18-16(19)13-7-5-9-17-10-13/h4,6,8,11,13,17H,5,7,9-10H2,1-3H3,(H,18,19)/t13-/m0/s1. The normalized spacial score (nSPS) is 19.5. The van der Waals surface area contributed by atoms with Crippen molar-refractivity contribution in [2.75, 3.05) is 18.4 Å². The van der Waals surface area contributed by atoms with Crippen molar-refractivity contribution in [2.45, 2.75) is 39.5 Å². The molecule has 0 radical (unpaired) electrons. The molecule has 1 aliphatic rings. The Kier molecular flexibility index (Phi) is 4.59. The number of carbonyl (C=O) groups is 1. The lowest BCUT2D eigenvalue weighted by molar-refractivity contribution is -0.120. The Morgan fingerprint density at radius 3 is 2.84 bits per heavy atom. The lowest BCUT2D eigenvalue weighted by Gasteiger charge is -2.24. The van der Waals surface area contributed by atoms with Gasteiger partial charge in [0.1, 0.15) is 0 Å². The maximum absolute atomic E-state index is 12.3. The Bertz CT molecular complexity index is 448. The van der Waals surface area contributed by atoms with Crippen molar-refractivity contribution >= 4 is 11.6 Å². The van der Waals surface area contributed by atoms with Crippen LogP contribution in [-0.4, -0.2) is 19.0 Å². The summed E-state index contributed by atoms with van der Waals surface area (Å²) in [5, 5.41) is 6.44. The molecule has 0 spiro atoms. The molecule has 0 unspecified atom stereocenters. The van der Waals surface area contributed by atoms with Crippen molar-refractivity contribution in [3.63, 3.8) is 0 Å². The Morgan fingerprint density at radius 1 is 1.42 bits per heavy atom. The molecule has 1 amide bonds. The Labute approximate surface area is 115 Å². The van der Waals surface area contributed by atoms with Crippen molar-refractivity contribution in [3.8, 4) is 0 Å². The van der Waals surface area contributed by atoms with Crippen LogP contribution in [0.2, 0.25) is 0 Å². The summed E-state index contributed by atoms with van der Waals surface area (Å²) in [7, 11) is 0. The monoisotopic (exact) mass is 260 g/mol. The highest BCUT2D eigenvalue weighted by Gasteiger charge is 2.22. The van der Waals surface area contributed by atoms with Crippen molar-refractivity contribution in [1.82, 2.24) is 5.32 Å². The van der Waals surface area contributed by atoms with Crippen LogP contribution in [0.5, 0.6) is 0 Å². The zero-order chi connectivity index (χ0) is 13.8. The predicted octanol–water partition coefficient (Wildman–Crippen LogP) is 3.06. The van der Waals surface area contributed by atoms with Gasteiger partial charge in [-0.15, -0.1) is 0 Å². The lowest BCUT2D eigenvalue weighted by Crippen LogP contribution is -2.37.